The van der Waals surface area contributed by atoms with Gasteiger partial charge in [-0.2, -0.15) is 0 Å². The average molecular weight is 270 g/mol. The number of aliphatic hydroxyl groups is 1. The summed E-state index contributed by atoms with van der Waals surface area (Å²) in [7, 11) is 0. The van der Waals surface area contributed by atoms with Crippen LogP contribution in [-0.4, -0.2) is 11.7 Å². The summed E-state index contributed by atoms with van der Waals surface area (Å²) in [6, 6.07) is 5.91. The number of nitrogen functional groups attached to an aromatic ring is 1. The minimum absolute atomic E-state index is 0.0894. The van der Waals surface area contributed by atoms with Gasteiger partial charge in [-0.3, -0.25) is 0 Å². The van der Waals surface area contributed by atoms with Crippen molar-refractivity contribution in [3.05, 3.63) is 28.2 Å². The van der Waals surface area contributed by atoms with Gasteiger partial charge in [0.25, 0.3) is 0 Å². The van der Waals surface area contributed by atoms with Crippen LogP contribution in [0.3, 0.4) is 0 Å². The highest BCUT2D eigenvalue weighted by molar-refractivity contribution is 9.10. The molecule has 2 rings (SSSR count). The van der Waals surface area contributed by atoms with Crippen LogP contribution in [-0.2, 0) is 5.41 Å². The maximum atomic E-state index is 9.61. The maximum Gasteiger partial charge on any atom is 0.0528 e. The zero-order valence-electron chi connectivity index (χ0n) is 8.67. The summed E-state index contributed by atoms with van der Waals surface area (Å²) in [5, 5.41) is 9.61. The lowest BCUT2D eigenvalue weighted by Crippen LogP contribution is -2.27. The third-order valence-electron chi connectivity index (χ3n) is 3.45. The topological polar surface area (TPSA) is 46.2 Å². The summed E-state index contributed by atoms with van der Waals surface area (Å²) in [6.07, 6.45) is 4.47. The normalized spacial score (nSPS) is 19.3. The molecule has 1 aliphatic carbocycles. The fraction of sp³-hybridized carbons (Fsp3) is 0.500. The molecule has 1 saturated carbocycles. The molecule has 1 aliphatic rings. The maximum absolute atomic E-state index is 9.61. The molecule has 0 atom stereocenters. The van der Waals surface area contributed by atoms with Crippen LogP contribution in [0.2, 0.25) is 0 Å². The smallest absolute Gasteiger partial charge is 0.0528 e. The molecule has 0 radical (unpaired) electrons. The van der Waals surface area contributed by atoms with E-state index >= 15 is 0 Å². The van der Waals surface area contributed by atoms with Gasteiger partial charge >= 0.3 is 0 Å². The van der Waals surface area contributed by atoms with E-state index in [0.29, 0.717) is 0 Å². The largest absolute Gasteiger partial charge is 0.398 e. The van der Waals surface area contributed by atoms with Crippen LogP contribution >= 0.6 is 15.9 Å². The van der Waals surface area contributed by atoms with Crippen LogP contribution in [0.4, 0.5) is 5.69 Å². The zero-order chi connectivity index (χ0) is 10.9. The van der Waals surface area contributed by atoms with Gasteiger partial charge < -0.3 is 10.8 Å². The van der Waals surface area contributed by atoms with Crippen molar-refractivity contribution in [3.63, 3.8) is 0 Å². The van der Waals surface area contributed by atoms with Crippen LogP contribution in [0.15, 0.2) is 22.7 Å². The molecule has 0 saturated heterocycles. The fourth-order valence-electron chi connectivity index (χ4n) is 2.55. The second kappa shape index (κ2) is 4.14. The van der Waals surface area contributed by atoms with Crippen LogP contribution < -0.4 is 5.73 Å². The monoisotopic (exact) mass is 269 g/mol. The van der Waals surface area contributed by atoms with Gasteiger partial charge in [-0.05, 0) is 36.6 Å². The minimum atomic E-state index is -0.0894. The number of hydrogen-bond acceptors (Lipinski definition) is 2. The van der Waals surface area contributed by atoms with Gasteiger partial charge in [-0.15, -0.1) is 0 Å². The molecular formula is C12H16BrNO. The summed E-state index contributed by atoms with van der Waals surface area (Å²) in [5.41, 5.74) is 7.82. The van der Waals surface area contributed by atoms with Crippen molar-refractivity contribution in [2.24, 2.45) is 0 Å². The van der Waals surface area contributed by atoms with Crippen molar-refractivity contribution in [2.45, 2.75) is 31.1 Å². The predicted molar refractivity (Wildman–Crippen MR) is 65.8 cm³/mol. The van der Waals surface area contributed by atoms with Gasteiger partial charge in [-0.1, -0.05) is 28.8 Å². The van der Waals surface area contributed by atoms with E-state index < -0.39 is 0 Å². The molecule has 0 aromatic heterocycles. The van der Waals surface area contributed by atoms with Crippen molar-refractivity contribution >= 4 is 21.6 Å². The number of anilines is 1. The summed E-state index contributed by atoms with van der Waals surface area (Å²) < 4.78 is 1.03. The lowest BCUT2D eigenvalue weighted by molar-refractivity contribution is 0.196. The van der Waals surface area contributed by atoms with E-state index in [-0.39, 0.29) is 12.0 Å². The van der Waals surface area contributed by atoms with Gasteiger partial charge in [-0.25, -0.2) is 0 Å². The van der Waals surface area contributed by atoms with Gasteiger partial charge in [0, 0.05) is 15.6 Å². The Morgan fingerprint density at radius 3 is 2.60 bits per heavy atom. The van der Waals surface area contributed by atoms with Crippen LogP contribution in [0, 0.1) is 0 Å². The SMILES string of the molecule is Nc1ccc(Br)cc1C1(CO)CCCC1. The zero-order valence-corrected chi connectivity index (χ0v) is 10.3. The average Bonchev–Trinajstić information content (AvgIpc) is 2.71. The first-order chi connectivity index (χ1) is 7.18. The molecule has 0 bridgehead atoms. The fourth-order valence-corrected chi connectivity index (χ4v) is 2.91. The van der Waals surface area contributed by atoms with Gasteiger partial charge in [0.2, 0.25) is 0 Å². The molecule has 15 heavy (non-hydrogen) atoms. The van der Waals surface area contributed by atoms with Crippen LogP contribution in [0.1, 0.15) is 31.2 Å². The van der Waals surface area contributed by atoms with Crippen molar-refractivity contribution in [2.75, 3.05) is 12.3 Å². The van der Waals surface area contributed by atoms with E-state index in [1.165, 1.54) is 12.8 Å². The highest BCUT2D eigenvalue weighted by atomic mass is 79.9. The van der Waals surface area contributed by atoms with Crippen molar-refractivity contribution in [1.29, 1.82) is 0 Å². The van der Waals surface area contributed by atoms with E-state index in [9.17, 15) is 5.11 Å². The molecule has 82 valence electrons. The molecule has 0 aliphatic heterocycles. The molecule has 3 heteroatoms. The van der Waals surface area contributed by atoms with Gasteiger partial charge in [0.05, 0.1) is 6.61 Å². The summed E-state index contributed by atoms with van der Waals surface area (Å²) in [4.78, 5) is 0. The third kappa shape index (κ3) is 1.91. The Bertz CT molecular complexity index is 359. The Balaban J connectivity index is 2.46. The van der Waals surface area contributed by atoms with E-state index in [1.54, 1.807) is 0 Å². The second-order valence-corrected chi connectivity index (χ2v) is 5.29. The molecule has 1 aromatic carbocycles. The Morgan fingerprint density at radius 2 is 2.00 bits per heavy atom. The third-order valence-corrected chi connectivity index (χ3v) is 3.94. The first kappa shape index (κ1) is 11.0. The molecule has 0 heterocycles. The Morgan fingerprint density at radius 1 is 1.33 bits per heavy atom. The molecule has 2 nitrogen and oxygen atoms in total. The quantitative estimate of drug-likeness (QED) is 0.812. The molecule has 0 amide bonds. The van der Waals surface area contributed by atoms with Crippen molar-refractivity contribution < 1.29 is 5.11 Å². The van der Waals surface area contributed by atoms with Crippen LogP contribution in [0.25, 0.3) is 0 Å². The summed E-state index contributed by atoms with van der Waals surface area (Å²) in [5.74, 6) is 0. The number of aliphatic hydroxyl groups excluding tert-OH is 1. The van der Waals surface area contributed by atoms with Crippen LogP contribution in [0.5, 0.6) is 0 Å². The second-order valence-electron chi connectivity index (χ2n) is 4.38. The van der Waals surface area contributed by atoms with Crippen molar-refractivity contribution in [1.82, 2.24) is 0 Å². The van der Waals surface area contributed by atoms with Crippen molar-refractivity contribution in [3.8, 4) is 0 Å². The number of nitrogens with two attached hydrogens (primary N) is 1. The standard InChI is InChI=1S/C12H16BrNO/c13-9-3-4-11(14)10(7-9)12(8-15)5-1-2-6-12/h3-4,7,15H,1-2,5-6,8,14H2. The van der Waals surface area contributed by atoms with Gasteiger partial charge in [0.15, 0.2) is 0 Å². The first-order valence-electron chi connectivity index (χ1n) is 5.34. The summed E-state index contributed by atoms with van der Waals surface area (Å²) >= 11 is 3.46. The molecule has 0 unspecified atom stereocenters. The number of benzene rings is 1. The van der Waals surface area contributed by atoms with E-state index in [0.717, 1.165) is 28.6 Å². The Kier molecular flexibility index (Phi) is 3.03. The van der Waals surface area contributed by atoms with Gasteiger partial charge in [0.1, 0.15) is 0 Å². The number of halogens is 1. The van der Waals surface area contributed by atoms with E-state index in [1.807, 2.05) is 12.1 Å². The Labute approximate surface area is 98.6 Å². The molecule has 1 aromatic rings. The number of rotatable bonds is 2. The highest BCUT2D eigenvalue weighted by Crippen LogP contribution is 2.43. The summed E-state index contributed by atoms with van der Waals surface area (Å²) in [6.45, 7) is 0.202. The lowest BCUT2D eigenvalue weighted by Gasteiger charge is -2.28. The molecule has 1 fully saturated rings. The van der Waals surface area contributed by atoms with E-state index in [4.69, 9.17) is 5.73 Å². The highest BCUT2D eigenvalue weighted by Gasteiger charge is 2.36. The molecule has 3 N–H and O–H groups in total. The Hall–Kier alpha value is -0.540. The van der Waals surface area contributed by atoms with E-state index in [2.05, 4.69) is 22.0 Å². The number of hydrogen-bond donors (Lipinski definition) is 2. The predicted octanol–water partition coefficient (Wildman–Crippen LogP) is 2.84. The lowest BCUT2D eigenvalue weighted by atomic mass is 9.79. The molecule has 0 spiro atoms. The first-order valence-corrected chi connectivity index (χ1v) is 6.14. The molecular weight excluding hydrogens is 254 g/mol. The minimum Gasteiger partial charge on any atom is -0.398 e.